The molecule has 3 aromatic rings. The molecule has 7 nitrogen and oxygen atoms in total. The number of anilines is 1. The molecule has 1 aromatic carbocycles. The maximum Gasteiger partial charge on any atom is 0.223 e. The summed E-state index contributed by atoms with van der Waals surface area (Å²) in [5.74, 6) is -0.0627. The Balaban J connectivity index is 1.53. The number of imidazole rings is 1. The number of halogens is 2. The van der Waals surface area contributed by atoms with Crippen molar-refractivity contribution in [3.8, 4) is 11.3 Å². The number of nitrogens with one attached hydrogen (secondary N) is 3. The van der Waals surface area contributed by atoms with E-state index in [4.69, 9.17) is 0 Å². The summed E-state index contributed by atoms with van der Waals surface area (Å²) in [6.45, 7) is 7.68. The second-order valence-corrected chi connectivity index (χ2v) is 9.84. The van der Waals surface area contributed by atoms with Crippen LogP contribution in [0.1, 0.15) is 38.6 Å². The topological polar surface area (TPSA) is 79.7 Å². The van der Waals surface area contributed by atoms with E-state index < -0.39 is 11.6 Å². The SMILES string of the molecule is CNCCNSC1C=CC(Nc2ncc(F)c(-c3cc(F)c4nc(C)n(C(C)C)c4c3)n2)CC1. The molecule has 0 fully saturated rings. The van der Waals surface area contributed by atoms with Crippen molar-refractivity contribution in [2.24, 2.45) is 0 Å². The first-order valence-corrected chi connectivity index (χ1v) is 12.4. The lowest BCUT2D eigenvalue weighted by Crippen LogP contribution is -2.26. The molecule has 2 unspecified atom stereocenters. The van der Waals surface area contributed by atoms with E-state index in [0.717, 1.165) is 32.1 Å². The maximum atomic E-state index is 14.9. The van der Waals surface area contributed by atoms with E-state index in [0.29, 0.717) is 28.1 Å². The molecule has 0 bridgehead atoms. The Morgan fingerprint density at radius 1 is 1.12 bits per heavy atom. The number of aromatic nitrogens is 4. The van der Waals surface area contributed by atoms with E-state index in [9.17, 15) is 8.78 Å². The fraction of sp³-hybridized carbons (Fsp3) is 0.458. The van der Waals surface area contributed by atoms with Gasteiger partial charge in [-0.15, -0.1) is 0 Å². The van der Waals surface area contributed by atoms with Gasteiger partial charge >= 0.3 is 0 Å². The van der Waals surface area contributed by atoms with Crippen LogP contribution in [0.25, 0.3) is 22.3 Å². The molecular formula is C24H31F2N7S. The summed E-state index contributed by atoms with van der Waals surface area (Å²) in [5.41, 5.74) is 1.33. The Morgan fingerprint density at radius 3 is 2.65 bits per heavy atom. The summed E-state index contributed by atoms with van der Waals surface area (Å²) in [6.07, 6.45) is 7.31. The van der Waals surface area contributed by atoms with Crippen LogP contribution in [0.15, 0.2) is 30.5 Å². The van der Waals surface area contributed by atoms with Gasteiger partial charge < -0.3 is 15.2 Å². The van der Waals surface area contributed by atoms with Crippen molar-refractivity contribution in [3.05, 3.63) is 47.9 Å². The molecule has 1 aliphatic rings. The van der Waals surface area contributed by atoms with Gasteiger partial charge in [0.15, 0.2) is 11.6 Å². The normalized spacial score (nSPS) is 18.2. The van der Waals surface area contributed by atoms with Crippen molar-refractivity contribution in [1.29, 1.82) is 0 Å². The number of hydrogen-bond donors (Lipinski definition) is 3. The van der Waals surface area contributed by atoms with Crippen LogP contribution in [0.5, 0.6) is 0 Å². The molecule has 0 saturated heterocycles. The third kappa shape index (κ3) is 5.39. The van der Waals surface area contributed by atoms with Crippen molar-refractivity contribution < 1.29 is 8.78 Å². The minimum Gasteiger partial charge on any atom is -0.348 e. The average molecular weight is 488 g/mol. The smallest absolute Gasteiger partial charge is 0.223 e. The van der Waals surface area contributed by atoms with Gasteiger partial charge in [0.25, 0.3) is 0 Å². The highest BCUT2D eigenvalue weighted by Crippen LogP contribution is 2.30. The second-order valence-electron chi connectivity index (χ2n) is 8.71. The number of hydrogen-bond acceptors (Lipinski definition) is 7. The van der Waals surface area contributed by atoms with Crippen molar-refractivity contribution in [1.82, 2.24) is 29.6 Å². The Hall–Kier alpha value is -2.56. The fourth-order valence-corrected chi connectivity index (χ4v) is 5.07. The molecule has 2 atom stereocenters. The number of aryl methyl sites for hydroxylation is 1. The number of nitrogens with zero attached hydrogens (tertiary/aromatic N) is 4. The fourth-order valence-electron chi connectivity index (χ4n) is 4.22. The van der Waals surface area contributed by atoms with Crippen molar-refractivity contribution >= 4 is 28.9 Å². The molecule has 182 valence electrons. The van der Waals surface area contributed by atoms with E-state index in [2.05, 4.69) is 42.5 Å². The van der Waals surface area contributed by atoms with E-state index in [1.54, 1.807) is 18.0 Å². The number of rotatable bonds is 9. The summed E-state index contributed by atoms with van der Waals surface area (Å²) in [7, 11) is 1.93. The van der Waals surface area contributed by atoms with Crippen LogP contribution in [-0.4, -0.2) is 50.9 Å². The largest absolute Gasteiger partial charge is 0.348 e. The predicted octanol–water partition coefficient (Wildman–Crippen LogP) is 4.62. The molecule has 4 rings (SSSR count). The minimum atomic E-state index is -0.597. The Kier molecular flexibility index (Phi) is 7.80. The van der Waals surface area contributed by atoms with Gasteiger partial charge in [-0.3, -0.25) is 4.72 Å². The van der Waals surface area contributed by atoms with E-state index in [1.165, 1.54) is 6.07 Å². The molecular weight excluding hydrogens is 456 g/mol. The van der Waals surface area contributed by atoms with Crippen molar-refractivity contribution in [2.75, 3.05) is 25.5 Å². The summed E-state index contributed by atoms with van der Waals surface area (Å²) >= 11 is 1.73. The van der Waals surface area contributed by atoms with Crippen LogP contribution in [0, 0.1) is 18.6 Å². The van der Waals surface area contributed by atoms with Gasteiger partial charge in [0.1, 0.15) is 17.0 Å². The van der Waals surface area contributed by atoms with Crippen LogP contribution >= 0.6 is 11.9 Å². The number of likely N-dealkylation sites (N-methyl/N-ethyl adjacent to an activating group) is 1. The summed E-state index contributed by atoms with van der Waals surface area (Å²) in [6, 6.07) is 3.18. The highest BCUT2D eigenvalue weighted by Gasteiger charge is 2.20. The van der Waals surface area contributed by atoms with Crippen molar-refractivity contribution in [2.45, 2.75) is 50.9 Å². The lowest BCUT2D eigenvalue weighted by atomic mass is 10.0. The standard InChI is InChI=1S/C24H31F2N7S/c1-14(2)33-15(3)30-23-19(25)11-16(12-21(23)33)22-20(26)13-28-24(32-22)31-17-5-7-18(8-6-17)34-29-10-9-27-4/h5,7,11-14,17-18,27,29H,6,8-10H2,1-4H3,(H,28,31,32). The minimum absolute atomic E-state index is 0.0525. The molecule has 0 aliphatic heterocycles. The van der Waals surface area contributed by atoms with Crippen LogP contribution < -0.4 is 15.4 Å². The highest BCUT2D eigenvalue weighted by atomic mass is 32.2. The van der Waals surface area contributed by atoms with Crippen LogP contribution in [0.4, 0.5) is 14.7 Å². The first-order chi connectivity index (χ1) is 16.4. The second kappa shape index (κ2) is 10.8. The number of fused-ring (bicyclic) bond motifs is 1. The zero-order valence-electron chi connectivity index (χ0n) is 19.9. The average Bonchev–Trinajstić information content (AvgIpc) is 3.15. The molecule has 2 heterocycles. The van der Waals surface area contributed by atoms with Gasteiger partial charge in [0, 0.05) is 36.0 Å². The van der Waals surface area contributed by atoms with E-state index in [-0.39, 0.29) is 23.3 Å². The summed E-state index contributed by atoms with van der Waals surface area (Å²) in [5, 5.41) is 6.79. The lowest BCUT2D eigenvalue weighted by Gasteiger charge is -2.23. The van der Waals surface area contributed by atoms with E-state index in [1.807, 2.05) is 32.4 Å². The quantitative estimate of drug-likeness (QED) is 0.231. The molecule has 3 N–H and O–H groups in total. The maximum absolute atomic E-state index is 14.9. The highest BCUT2D eigenvalue weighted by molar-refractivity contribution is 7.98. The first-order valence-electron chi connectivity index (χ1n) is 11.6. The third-order valence-corrected chi connectivity index (χ3v) is 6.87. The van der Waals surface area contributed by atoms with Gasteiger partial charge in [0.2, 0.25) is 5.95 Å². The molecule has 0 amide bonds. The predicted molar refractivity (Wildman–Crippen MR) is 135 cm³/mol. The van der Waals surface area contributed by atoms with E-state index >= 15 is 0 Å². The third-order valence-electron chi connectivity index (χ3n) is 5.81. The first kappa shape index (κ1) is 24.6. The summed E-state index contributed by atoms with van der Waals surface area (Å²) < 4.78 is 34.9. The Morgan fingerprint density at radius 2 is 1.94 bits per heavy atom. The lowest BCUT2D eigenvalue weighted by molar-refractivity contribution is 0.599. The van der Waals surface area contributed by atoms with Crippen LogP contribution in [-0.2, 0) is 0 Å². The van der Waals surface area contributed by atoms with Gasteiger partial charge in [-0.05, 0) is 52.8 Å². The molecule has 0 radical (unpaired) electrons. The van der Waals surface area contributed by atoms with Gasteiger partial charge in [0.05, 0.1) is 11.7 Å². The van der Waals surface area contributed by atoms with Gasteiger partial charge in [-0.2, -0.15) is 0 Å². The Labute approximate surface area is 203 Å². The zero-order chi connectivity index (χ0) is 24.2. The van der Waals surface area contributed by atoms with Crippen LogP contribution in [0.2, 0.25) is 0 Å². The number of benzene rings is 1. The monoisotopic (exact) mass is 487 g/mol. The molecule has 10 heteroatoms. The summed E-state index contributed by atoms with van der Waals surface area (Å²) in [4.78, 5) is 12.9. The molecule has 0 saturated carbocycles. The molecule has 2 aromatic heterocycles. The molecule has 34 heavy (non-hydrogen) atoms. The van der Waals surface area contributed by atoms with Crippen LogP contribution in [0.3, 0.4) is 0 Å². The Bertz CT molecular complexity index is 1180. The van der Waals surface area contributed by atoms with Gasteiger partial charge in [-0.1, -0.05) is 24.1 Å². The zero-order valence-corrected chi connectivity index (χ0v) is 20.7. The van der Waals surface area contributed by atoms with Crippen molar-refractivity contribution in [3.63, 3.8) is 0 Å². The molecule has 0 spiro atoms. The van der Waals surface area contributed by atoms with Gasteiger partial charge in [-0.25, -0.2) is 23.7 Å². The molecule has 1 aliphatic carbocycles.